The first kappa shape index (κ1) is 10.7. The van der Waals surface area contributed by atoms with Crippen LogP contribution in [0.2, 0.25) is 0 Å². The van der Waals surface area contributed by atoms with Gasteiger partial charge in [0.15, 0.2) is 12.0 Å². The van der Waals surface area contributed by atoms with E-state index in [4.69, 9.17) is 4.42 Å². The molecule has 0 radical (unpaired) electrons. The molecular weight excluding hydrogens is 204 g/mol. The molecule has 0 aliphatic rings. The van der Waals surface area contributed by atoms with Crippen LogP contribution >= 0.6 is 0 Å². The van der Waals surface area contributed by atoms with Crippen LogP contribution in [0.25, 0.3) is 11.1 Å². The van der Waals surface area contributed by atoms with Crippen molar-refractivity contribution >= 4 is 22.7 Å². The number of amides is 1. The molecule has 1 heterocycles. The molecule has 0 unspecified atom stereocenters. The zero-order chi connectivity index (χ0) is 11.4. The molecular formula is C12H14N2O2. The van der Waals surface area contributed by atoms with Crippen LogP contribution in [0.4, 0.5) is 5.69 Å². The van der Waals surface area contributed by atoms with Gasteiger partial charge in [0, 0.05) is 18.2 Å². The van der Waals surface area contributed by atoms with Crippen LogP contribution in [0.1, 0.15) is 26.2 Å². The van der Waals surface area contributed by atoms with E-state index >= 15 is 0 Å². The predicted octanol–water partition coefficient (Wildman–Crippen LogP) is 2.96. The standard InChI is InChI=1S/C12H14N2O2/c1-2-3-4-12(15)14-9-5-6-10-11(7-9)16-8-13-10/h5-8H,2-4H2,1H3,(H,14,15). The van der Waals surface area contributed by atoms with Gasteiger partial charge in [0.25, 0.3) is 0 Å². The lowest BCUT2D eigenvalue weighted by Crippen LogP contribution is -2.10. The molecule has 0 aliphatic carbocycles. The third-order valence-electron chi connectivity index (χ3n) is 2.37. The van der Waals surface area contributed by atoms with Crippen molar-refractivity contribution in [2.75, 3.05) is 5.32 Å². The van der Waals surface area contributed by atoms with Gasteiger partial charge in [-0.05, 0) is 18.6 Å². The van der Waals surface area contributed by atoms with E-state index in [0.717, 1.165) is 24.0 Å². The Kier molecular flexibility index (Phi) is 3.19. The van der Waals surface area contributed by atoms with Crippen LogP contribution < -0.4 is 5.32 Å². The molecule has 1 aromatic carbocycles. The Hall–Kier alpha value is -1.84. The number of anilines is 1. The Labute approximate surface area is 93.7 Å². The van der Waals surface area contributed by atoms with Gasteiger partial charge >= 0.3 is 0 Å². The molecule has 0 bridgehead atoms. The Morgan fingerprint density at radius 3 is 3.19 bits per heavy atom. The van der Waals surface area contributed by atoms with Crippen LogP contribution in [0.5, 0.6) is 0 Å². The molecule has 84 valence electrons. The third kappa shape index (κ3) is 2.39. The van der Waals surface area contributed by atoms with Crippen molar-refractivity contribution in [3.63, 3.8) is 0 Å². The van der Waals surface area contributed by atoms with Gasteiger partial charge in [-0.2, -0.15) is 0 Å². The molecule has 1 N–H and O–H groups in total. The van der Waals surface area contributed by atoms with Gasteiger partial charge in [0.05, 0.1) is 0 Å². The maximum Gasteiger partial charge on any atom is 0.224 e. The lowest BCUT2D eigenvalue weighted by Gasteiger charge is -2.03. The van der Waals surface area contributed by atoms with Crippen LogP contribution in [0.3, 0.4) is 0 Å². The van der Waals surface area contributed by atoms with E-state index in [1.807, 2.05) is 12.1 Å². The molecule has 4 nitrogen and oxygen atoms in total. The summed E-state index contributed by atoms with van der Waals surface area (Å²) in [4.78, 5) is 15.5. The van der Waals surface area contributed by atoms with Gasteiger partial charge in [-0.1, -0.05) is 13.3 Å². The maximum atomic E-state index is 11.5. The number of nitrogens with one attached hydrogen (secondary N) is 1. The van der Waals surface area contributed by atoms with E-state index in [9.17, 15) is 4.79 Å². The molecule has 1 amide bonds. The Morgan fingerprint density at radius 1 is 1.50 bits per heavy atom. The highest BCUT2D eigenvalue weighted by Crippen LogP contribution is 2.17. The number of carbonyl (C=O) groups is 1. The molecule has 4 heteroatoms. The molecule has 2 rings (SSSR count). The molecule has 1 aromatic heterocycles. The van der Waals surface area contributed by atoms with Crippen molar-refractivity contribution in [1.82, 2.24) is 4.98 Å². The summed E-state index contributed by atoms with van der Waals surface area (Å²) in [5.41, 5.74) is 2.24. The molecule has 2 aromatic rings. The minimum Gasteiger partial charge on any atom is -0.443 e. The summed E-state index contributed by atoms with van der Waals surface area (Å²) in [6, 6.07) is 5.44. The molecule has 0 atom stereocenters. The first-order chi connectivity index (χ1) is 7.79. The summed E-state index contributed by atoms with van der Waals surface area (Å²) in [6.45, 7) is 2.06. The maximum absolute atomic E-state index is 11.5. The number of fused-ring (bicyclic) bond motifs is 1. The number of aromatic nitrogens is 1. The third-order valence-corrected chi connectivity index (χ3v) is 2.37. The van der Waals surface area contributed by atoms with Crippen LogP contribution in [-0.2, 0) is 4.79 Å². The number of oxazole rings is 1. The van der Waals surface area contributed by atoms with Crippen molar-refractivity contribution in [2.24, 2.45) is 0 Å². The number of nitrogens with zero attached hydrogens (tertiary/aromatic N) is 1. The first-order valence-corrected chi connectivity index (χ1v) is 5.42. The Bertz CT molecular complexity index is 490. The van der Waals surface area contributed by atoms with Crippen molar-refractivity contribution in [1.29, 1.82) is 0 Å². The highest BCUT2D eigenvalue weighted by Gasteiger charge is 2.04. The SMILES string of the molecule is CCCCC(=O)Nc1ccc2ncoc2c1. The lowest BCUT2D eigenvalue weighted by molar-refractivity contribution is -0.116. The number of rotatable bonds is 4. The zero-order valence-electron chi connectivity index (χ0n) is 9.19. The second-order valence-corrected chi connectivity index (χ2v) is 3.69. The fourth-order valence-electron chi connectivity index (χ4n) is 1.49. The van der Waals surface area contributed by atoms with E-state index in [1.165, 1.54) is 6.39 Å². The Balaban J connectivity index is 2.06. The van der Waals surface area contributed by atoms with Gasteiger partial charge < -0.3 is 9.73 Å². The predicted molar refractivity (Wildman–Crippen MR) is 62.2 cm³/mol. The van der Waals surface area contributed by atoms with Crippen molar-refractivity contribution in [3.05, 3.63) is 24.6 Å². The molecule has 16 heavy (non-hydrogen) atoms. The minimum absolute atomic E-state index is 0.0423. The van der Waals surface area contributed by atoms with Gasteiger partial charge in [-0.25, -0.2) is 4.98 Å². The molecule has 0 saturated heterocycles. The summed E-state index contributed by atoms with van der Waals surface area (Å²) < 4.78 is 5.16. The van der Waals surface area contributed by atoms with Gasteiger partial charge in [0.1, 0.15) is 5.52 Å². The fraction of sp³-hybridized carbons (Fsp3) is 0.333. The zero-order valence-corrected chi connectivity index (χ0v) is 9.19. The average Bonchev–Trinajstić information content (AvgIpc) is 2.73. The van der Waals surface area contributed by atoms with E-state index in [-0.39, 0.29) is 5.91 Å². The minimum atomic E-state index is 0.0423. The largest absolute Gasteiger partial charge is 0.443 e. The Morgan fingerprint density at radius 2 is 2.38 bits per heavy atom. The molecule has 0 spiro atoms. The van der Waals surface area contributed by atoms with Crippen molar-refractivity contribution < 1.29 is 9.21 Å². The highest BCUT2D eigenvalue weighted by molar-refractivity contribution is 5.92. The second-order valence-electron chi connectivity index (χ2n) is 3.69. The van der Waals surface area contributed by atoms with Gasteiger partial charge in [0.2, 0.25) is 5.91 Å². The quantitative estimate of drug-likeness (QED) is 0.858. The second kappa shape index (κ2) is 4.79. The monoisotopic (exact) mass is 218 g/mol. The summed E-state index contributed by atoms with van der Waals surface area (Å²) in [7, 11) is 0. The van der Waals surface area contributed by atoms with Crippen molar-refractivity contribution in [3.8, 4) is 0 Å². The summed E-state index contributed by atoms with van der Waals surface area (Å²) in [6.07, 6.45) is 3.89. The molecule has 0 fully saturated rings. The van der Waals surface area contributed by atoms with Crippen molar-refractivity contribution in [2.45, 2.75) is 26.2 Å². The van der Waals surface area contributed by atoms with Crippen LogP contribution in [0, 0.1) is 0 Å². The average molecular weight is 218 g/mol. The van der Waals surface area contributed by atoms with Crippen LogP contribution in [0.15, 0.2) is 29.0 Å². The number of carbonyl (C=O) groups excluding carboxylic acids is 1. The van der Waals surface area contributed by atoms with E-state index in [2.05, 4.69) is 17.2 Å². The number of hydrogen-bond donors (Lipinski definition) is 1. The van der Waals surface area contributed by atoms with E-state index < -0.39 is 0 Å². The van der Waals surface area contributed by atoms with Gasteiger partial charge in [-0.3, -0.25) is 4.79 Å². The molecule has 0 aliphatic heterocycles. The van der Waals surface area contributed by atoms with Crippen LogP contribution in [-0.4, -0.2) is 10.9 Å². The number of benzene rings is 1. The summed E-state index contributed by atoms with van der Waals surface area (Å²) in [5.74, 6) is 0.0423. The van der Waals surface area contributed by atoms with Gasteiger partial charge in [-0.15, -0.1) is 0 Å². The summed E-state index contributed by atoms with van der Waals surface area (Å²) >= 11 is 0. The lowest BCUT2D eigenvalue weighted by atomic mass is 10.2. The smallest absolute Gasteiger partial charge is 0.224 e. The number of unbranched alkanes of at least 4 members (excludes halogenated alkanes) is 1. The fourth-order valence-corrected chi connectivity index (χ4v) is 1.49. The van der Waals surface area contributed by atoms with E-state index in [1.54, 1.807) is 6.07 Å². The molecule has 0 saturated carbocycles. The normalized spacial score (nSPS) is 10.6. The topological polar surface area (TPSA) is 55.1 Å². The van der Waals surface area contributed by atoms with E-state index in [0.29, 0.717) is 12.0 Å². The highest BCUT2D eigenvalue weighted by atomic mass is 16.3. The first-order valence-electron chi connectivity index (χ1n) is 5.42. The number of hydrogen-bond acceptors (Lipinski definition) is 3. The summed E-state index contributed by atoms with van der Waals surface area (Å²) in [5, 5.41) is 2.83.